The highest BCUT2D eigenvalue weighted by Crippen LogP contribution is 2.30. The van der Waals surface area contributed by atoms with Crippen molar-refractivity contribution in [3.63, 3.8) is 0 Å². The molecule has 0 saturated carbocycles. The second kappa shape index (κ2) is 9.15. The van der Waals surface area contributed by atoms with Gasteiger partial charge in [0.1, 0.15) is 6.10 Å². The van der Waals surface area contributed by atoms with Crippen molar-refractivity contribution in [2.75, 3.05) is 0 Å². The van der Waals surface area contributed by atoms with Crippen LogP contribution >= 0.6 is 0 Å². The molecule has 0 aliphatic carbocycles. The van der Waals surface area contributed by atoms with Crippen molar-refractivity contribution < 1.29 is 12.6 Å². The number of hydrogen-bond donors (Lipinski definition) is 0. The van der Waals surface area contributed by atoms with Crippen LogP contribution in [0, 0.1) is 6.92 Å². The van der Waals surface area contributed by atoms with Gasteiger partial charge in [0.15, 0.2) is 0 Å². The molecule has 0 bridgehead atoms. The highest BCUT2D eigenvalue weighted by atomic mass is 32.2. The molecule has 0 saturated heterocycles. The predicted octanol–water partition coefficient (Wildman–Crippen LogP) is 6.37. The average molecular weight is 423 g/mol. The zero-order valence-electron chi connectivity index (χ0n) is 18.1. The van der Waals surface area contributed by atoms with Gasteiger partial charge in [-0.3, -0.25) is 4.18 Å². The monoisotopic (exact) mass is 422 g/mol. The summed E-state index contributed by atoms with van der Waals surface area (Å²) in [5.41, 5.74) is 4.27. The first-order valence-corrected chi connectivity index (χ1v) is 11.7. The van der Waals surface area contributed by atoms with Crippen molar-refractivity contribution in [2.45, 2.75) is 57.0 Å². The van der Waals surface area contributed by atoms with E-state index in [0.717, 1.165) is 23.1 Å². The van der Waals surface area contributed by atoms with Crippen LogP contribution < -0.4 is 0 Å². The van der Waals surface area contributed by atoms with Crippen LogP contribution in [0.15, 0.2) is 83.8 Å². The number of benzene rings is 3. The number of rotatable bonds is 7. The van der Waals surface area contributed by atoms with Crippen molar-refractivity contribution in [2.24, 2.45) is 0 Å². The van der Waals surface area contributed by atoms with Crippen LogP contribution in [0.3, 0.4) is 0 Å². The summed E-state index contributed by atoms with van der Waals surface area (Å²) in [6.45, 7) is 8.41. The first-order valence-electron chi connectivity index (χ1n) is 10.3. The second-order valence-corrected chi connectivity index (χ2v) is 10.3. The van der Waals surface area contributed by atoms with Crippen LogP contribution in [-0.2, 0) is 26.1 Å². The Kier molecular flexibility index (Phi) is 6.79. The van der Waals surface area contributed by atoms with Gasteiger partial charge in [-0.25, -0.2) is 0 Å². The molecule has 0 aromatic heterocycles. The summed E-state index contributed by atoms with van der Waals surface area (Å²) < 4.78 is 31.7. The van der Waals surface area contributed by atoms with Gasteiger partial charge in [-0.05, 0) is 54.0 Å². The fourth-order valence-corrected chi connectivity index (χ4v) is 4.42. The molecule has 30 heavy (non-hydrogen) atoms. The van der Waals surface area contributed by atoms with Gasteiger partial charge in [0.25, 0.3) is 10.1 Å². The normalized spacial score (nSPS) is 13.2. The summed E-state index contributed by atoms with van der Waals surface area (Å²) in [6, 6.07) is 24.9. The molecule has 3 rings (SSSR count). The third kappa shape index (κ3) is 5.80. The molecule has 158 valence electrons. The molecule has 3 aromatic rings. The van der Waals surface area contributed by atoms with E-state index in [0.29, 0.717) is 6.42 Å². The first-order chi connectivity index (χ1) is 14.1. The van der Waals surface area contributed by atoms with E-state index >= 15 is 0 Å². The van der Waals surface area contributed by atoms with Crippen LogP contribution in [0.5, 0.6) is 0 Å². The molecule has 3 aromatic carbocycles. The lowest BCUT2D eigenvalue weighted by molar-refractivity contribution is 0.203. The van der Waals surface area contributed by atoms with Crippen LogP contribution in [-0.4, -0.2) is 8.42 Å². The molecule has 0 N–H and O–H groups in total. The van der Waals surface area contributed by atoms with Crippen LogP contribution in [0.4, 0.5) is 0 Å². The maximum atomic E-state index is 12.9. The quantitative estimate of drug-likeness (QED) is 0.415. The molecule has 0 heterocycles. The summed E-state index contributed by atoms with van der Waals surface area (Å²) in [6.07, 6.45) is 0.755. The van der Waals surface area contributed by atoms with Crippen molar-refractivity contribution in [3.8, 4) is 0 Å². The molecule has 0 amide bonds. The molecule has 1 unspecified atom stereocenters. The summed E-state index contributed by atoms with van der Waals surface area (Å²) >= 11 is 0. The number of aryl methyl sites for hydroxylation is 2. The molecule has 4 heteroatoms. The Hall–Kier alpha value is -2.43. The van der Waals surface area contributed by atoms with E-state index in [1.54, 1.807) is 24.3 Å². The Bertz CT molecular complexity index is 1050. The van der Waals surface area contributed by atoms with Gasteiger partial charge >= 0.3 is 0 Å². The molecular formula is C26H30O3S. The van der Waals surface area contributed by atoms with Gasteiger partial charge in [0.2, 0.25) is 0 Å². The minimum absolute atomic E-state index is 0.0346. The predicted molar refractivity (Wildman–Crippen MR) is 122 cm³/mol. The molecule has 3 nitrogen and oxygen atoms in total. The number of hydrogen-bond acceptors (Lipinski definition) is 3. The maximum Gasteiger partial charge on any atom is 0.297 e. The Morgan fingerprint density at radius 3 is 2.00 bits per heavy atom. The largest absolute Gasteiger partial charge is 0.297 e. The molecule has 0 spiro atoms. The van der Waals surface area contributed by atoms with E-state index in [1.807, 2.05) is 49.4 Å². The first kappa shape index (κ1) is 22.3. The molecule has 1 atom stereocenters. The van der Waals surface area contributed by atoms with Gasteiger partial charge < -0.3 is 0 Å². The summed E-state index contributed by atoms with van der Waals surface area (Å²) in [5.74, 6) is 0. The van der Waals surface area contributed by atoms with Gasteiger partial charge in [-0.15, -0.1) is 0 Å². The average Bonchev–Trinajstić information content (AvgIpc) is 2.71. The van der Waals surface area contributed by atoms with Crippen LogP contribution in [0.25, 0.3) is 0 Å². The molecule has 0 radical (unpaired) electrons. The summed E-state index contributed by atoms with van der Waals surface area (Å²) in [5, 5.41) is 0. The van der Waals surface area contributed by atoms with Crippen molar-refractivity contribution in [1.82, 2.24) is 0 Å². The molecule has 0 fully saturated rings. The molecule has 0 aliphatic rings. The Labute approximate surface area is 180 Å². The lowest BCUT2D eigenvalue weighted by Gasteiger charge is -2.22. The van der Waals surface area contributed by atoms with Gasteiger partial charge in [-0.1, -0.05) is 93.1 Å². The second-order valence-electron chi connectivity index (χ2n) is 8.75. The highest BCUT2D eigenvalue weighted by Gasteiger charge is 2.24. The highest BCUT2D eigenvalue weighted by molar-refractivity contribution is 7.86. The van der Waals surface area contributed by atoms with Gasteiger partial charge in [0, 0.05) is 0 Å². The van der Waals surface area contributed by atoms with Gasteiger partial charge in [0.05, 0.1) is 4.90 Å². The van der Waals surface area contributed by atoms with E-state index in [9.17, 15) is 8.42 Å². The minimum Gasteiger partial charge on any atom is -0.258 e. The van der Waals surface area contributed by atoms with Crippen molar-refractivity contribution >= 4 is 10.1 Å². The SMILES string of the molecule is Cc1ccc(S(=O)(=O)OC(CCc2ccccc2)c2ccc(C(C)(C)C)cc2)cc1. The van der Waals surface area contributed by atoms with E-state index in [-0.39, 0.29) is 10.3 Å². The van der Waals surface area contributed by atoms with E-state index in [4.69, 9.17) is 4.18 Å². The topological polar surface area (TPSA) is 43.4 Å². The fraction of sp³-hybridized carbons (Fsp3) is 0.308. The van der Waals surface area contributed by atoms with Crippen LogP contribution in [0.1, 0.15) is 55.5 Å². The van der Waals surface area contributed by atoms with E-state index in [1.165, 1.54) is 5.56 Å². The lowest BCUT2D eigenvalue weighted by atomic mass is 9.86. The van der Waals surface area contributed by atoms with Crippen molar-refractivity contribution in [3.05, 3.63) is 101 Å². The summed E-state index contributed by atoms with van der Waals surface area (Å²) in [7, 11) is -3.87. The maximum absolute atomic E-state index is 12.9. The minimum atomic E-state index is -3.87. The van der Waals surface area contributed by atoms with E-state index < -0.39 is 16.2 Å². The zero-order chi connectivity index (χ0) is 21.8. The van der Waals surface area contributed by atoms with Crippen LogP contribution in [0.2, 0.25) is 0 Å². The fourth-order valence-electron chi connectivity index (χ4n) is 3.32. The Balaban J connectivity index is 1.87. The van der Waals surface area contributed by atoms with Gasteiger partial charge in [-0.2, -0.15) is 8.42 Å². The molecule has 0 aliphatic heterocycles. The summed E-state index contributed by atoms with van der Waals surface area (Å²) in [4.78, 5) is 0.184. The standard InChI is InChI=1S/C26H30O3S/c1-20-10-17-24(18-11-20)30(27,28)29-25(19-12-21-8-6-5-7-9-21)22-13-15-23(16-14-22)26(2,3)4/h5-11,13-18,25H,12,19H2,1-4H3. The molecular weight excluding hydrogens is 392 g/mol. The third-order valence-corrected chi connectivity index (χ3v) is 6.57. The zero-order valence-corrected chi connectivity index (χ0v) is 18.9. The van der Waals surface area contributed by atoms with E-state index in [2.05, 4.69) is 32.9 Å². The third-order valence-electron chi connectivity index (χ3n) is 5.24. The Morgan fingerprint density at radius 2 is 1.43 bits per heavy atom. The Morgan fingerprint density at radius 1 is 0.833 bits per heavy atom. The van der Waals surface area contributed by atoms with Crippen molar-refractivity contribution in [1.29, 1.82) is 0 Å². The smallest absolute Gasteiger partial charge is 0.258 e. The lowest BCUT2D eigenvalue weighted by Crippen LogP contribution is -2.15.